The number of rotatable bonds is 7. The lowest BCUT2D eigenvalue weighted by molar-refractivity contribution is 0.292. The average Bonchev–Trinajstić information content (AvgIpc) is 2.74. The number of hydrogen-bond acceptors (Lipinski definition) is 3. The minimum Gasteiger partial charge on any atom is -0.327 e. The first-order valence-corrected chi connectivity index (χ1v) is 6.88. The lowest BCUT2D eigenvalue weighted by Crippen LogP contribution is -2.31. The minimum atomic E-state index is 0.292. The molecule has 4 heteroatoms. The Morgan fingerprint density at radius 2 is 2.00 bits per heavy atom. The molecular formula is C14H28N4. The number of nitrogens with zero attached hydrogens (tertiary/aromatic N) is 3. The van der Waals surface area contributed by atoms with Crippen molar-refractivity contribution in [2.24, 2.45) is 11.7 Å². The van der Waals surface area contributed by atoms with E-state index < -0.39 is 0 Å². The van der Waals surface area contributed by atoms with E-state index in [1.54, 1.807) is 0 Å². The van der Waals surface area contributed by atoms with Gasteiger partial charge in [0.2, 0.25) is 0 Å². The standard InChI is InChI=1S/C14H28N4/c1-11(2)14(15)7-8-17(5)10-13-6-9-18(16-13)12(3)4/h6,9,11-12,14H,7-8,10,15H2,1-5H3. The maximum Gasteiger partial charge on any atom is 0.0764 e. The summed E-state index contributed by atoms with van der Waals surface area (Å²) in [7, 11) is 2.13. The van der Waals surface area contributed by atoms with Crippen molar-refractivity contribution in [3.05, 3.63) is 18.0 Å². The van der Waals surface area contributed by atoms with Gasteiger partial charge in [-0.2, -0.15) is 5.10 Å². The highest BCUT2D eigenvalue weighted by Gasteiger charge is 2.10. The molecule has 1 rings (SSSR count). The molecule has 0 saturated heterocycles. The van der Waals surface area contributed by atoms with Gasteiger partial charge in [-0.25, -0.2) is 0 Å². The Labute approximate surface area is 111 Å². The molecule has 2 N–H and O–H groups in total. The fraction of sp³-hybridized carbons (Fsp3) is 0.786. The van der Waals surface area contributed by atoms with Gasteiger partial charge in [-0.05, 0) is 45.8 Å². The first-order valence-electron chi connectivity index (χ1n) is 6.88. The van der Waals surface area contributed by atoms with Gasteiger partial charge in [0, 0.05) is 24.8 Å². The van der Waals surface area contributed by atoms with E-state index in [9.17, 15) is 0 Å². The zero-order chi connectivity index (χ0) is 13.7. The second-order valence-corrected chi connectivity index (χ2v) is 5.82. The first-order chi connectivity index (χ1) is 8.40. The third-order valence-electron chi connectivity index (χ3n) is 3.33. The molecule has 0 saturated carbocycles. The largest absolute Gasteiger partial charge is 0.327 e. The summed E-state index contributed by atoms with van der Waals surface area (Å²) in [6.45, 7) is 10.5. The van der Waals surface area contributed by atoms with E-state index >= 15 is 0 Å². The van der Waals surface area contributed by atoms with Crippen LogP contribution in [0.15, 0.2) is 12.3 Å². The Bertz CT molecular complexity index is 343. The molecule has 1 aromatic heterocycles. The number of nitrogens with two attached hydrogens (primary N) is 1. The molecule has 0 aromatic carbocycles. The predicted octanol–water partition coefficient (Wildman–Crippen LogP) is 2.27. The van der Waals surface area contributed by atoms with Crippen LogP contribution in [0.1, 0.15) is 45.9 Å². The Morgan fingerprint density at radius 3 is 2.50 bits per heavy atom. The molecule has 1 aromatic rings. The normalized spacial score (nSPS) is 13.8. The van der Waals surface area contributed by atoms with Crippen LogP contribution in [-0.4, -0.2) is 34.3 Å². The lowest BCUT2D eigenvalue weighted by atomic mass is 10.0. The Kier molecular flexibility index (Phi) is 5.82. The molecular weight excluding hydrogens is 224 g/mol. The van der Waals surface area contributed by atoms with Crippen LogP contribution in [0.25, 0.3) is 0 Å². The summed E-state index contributed by atoms with van der Waals surface area (Å²) in [4.78, 5) is 2.29. The van der Waals surface area contributed by atoms with Crippen molar-refractivity contribution in [1.82, 2.24) is 14.7 Å². The molecule has 0 spiro atoms. The van der Waals surface area contributed by atoms with Crippen LogP contribution in [-0.2, 0) is 6.54 Å². The maximum absolute atomic E-state index is 6.06. The highest BCUT2D eigenvalue weighted by Crippen LogP contribution is 2.08. The molecule has 18 heavy (non-hydrogen) atoms. The van der Waals surface area contributed by atoms with Crippen LogP contribution in [0, 0.1) is 5.92 Å². The van der Waals surface area contributed by atoms with Crippen LogP contribution in [0.3, 0.4) is 0 Å². The van der Waals surface area contributed by atoms with Crippen LogP contribution in [0.5, 0.6) is 0 Å². The van der Waals surface area contributed by atoms with Gasteiger partial charge in [-0.3, -0.25) is 4.68 Å². The van der Waals surface area contributed by atoms with Crippen molar-refractivity contribution in [2.45, 2.75) is 52.7 Å². The summed E-state index contributed by atoms with van der Waals surface area (Å²) in [6.07, 6.45) is 3.09. The van der Waals surface area contributed by atoms with Crippen molar-refractivity contribution < 1.29 is 0 Å². The smallest absolute Gasteiger partial charge is 0.0764 e. The maximum atomic E-state index is 6.06. The fourth-order valence-electron chi connectivity index (χ4n) is 1.81. The van der Waals surface area contributed by atoms with E-state index in [1.807, 2.05) is 10.9 Å². The molecule has 0 aliphatic rings. The van der Waals surface area contributed by atoms with E-state index in [4.69, 9.17) is 5.73 Å². The van der Waals surface area contributed by atoms with Crippen LogP contribution in [0.4, 0.5) is 0 Å². The summed E-state index contributed by atoms with van der Waals surface area (Å²) < 4.78 is 2.00. The van der Waals surface area contributed by atoms with Crippen LogP contribution < -0.4 is 5.73 Å². The molecule has 0 aliphatic heterocycles. The van der Waals surface area contributed by atoms with Gasteiger partial charge in [-0.15, -0.1) is 0 Å². The Morgan fingerprint density at radius 1 is 1.33 bits per heavy atom. The Balaban J connectivity index is 2.37. The molecule has 1 unspecified atom stereocenters. The van der Waals surface area contributed by atoms with Crippen LogP contribution in [0.2, 0.25) is 0 Å². The van der Waals surface area contributed by atoms with Crippen molar-refractivity contribution >= 4 is 0 Å². The predicted molar refractivity (Wildman–Crippen MR) is 76.4 cm³/mol. The lowest BCUT2D eigenvalue weighted by Gasteiger charge is -2.20. The van der Waals surface area contributed by atoms with Crippen molar-refractivity contribution in [3.8, 4) is 0 Å². The second-order valence-electron chi connectivity index (χ2n) is 5.82. The molecule has 0 fully saturated rings. The molecule has 0 radical (unpaired) electrons. The van der Waals surface area contributed by atoms with Gasteiger partial charge < -0.3 is 10.6 Å². The highest BCUT2D eigenvalue weighted by molar-refractivity contribution is 4.99. The summed E-state index contributed by atoms with van der Waals surface area (Å²) >= 11 is 0. The molecule has 104 valence electrons. The van der Waals surface area contributed by atoms with Gasteiger partial charge in [0.25, 0.3) is 0 Å². The molecule has 4 nitrogen and oxygen atoms in total. The summed E-state index contributed by atoms with van der Waals surface area (Å²) in [5.74, 6) is 0.554. The minimum absolute atomic E-state index is 0.292. The SMILES string of the molecule is CC(C)C(N)CCN(C)Cc1ccn(C(C)C)n1. The zero-order valence-corrected chi connectivity index (χ0v) is 12.4. The van der Waals surface area contributed by atoms with Crippen molar-refractivity contribution in [2.75, 3.05) is 13.6 Å². The van der Waals surface area contributed by atoms with Gasteiger partial charge in [0.05, 0.1) is 5.69 Å². The number of hydrogen-bond donors (Lipinski definition) is 1. The molecule has 0 amide bonds. The molecule has 1 heterocycles. The fourth-order valence-corrected chi connectivity index (χ4v) is 1.81. The number of aromatic nitrogens is 2. The summed E-state index contributed by atoms with van der Waals surface area (Å²) in [5, 5.41) is 4.56. The van der Waals surface area contributed by atoms with Crippen molar-refractivity contribution in [3.63, 3.8) is 0 Å². The quantitative estimate of drug-likeness (QED) is 0.810. The zero-order valence-electron chi connectivity index (χ0n) is 12.4. The van der Waals surface area contributed by atoms with Gasteiger partial charge >= 0.3 is 0 Å². The van der Waals surface area contributed by atoms with E-state index in [-0.39, 0.29) is 0 Å². The third-order valence-corrected chi connectivity index (χ3v) is 3.33. The second kappa shape index (κ2) is 6.90. The average molecular weight is 252 g/mol. The topological polar surface area (TPSA) is 47.1 Å². The van der Waals surface area contributed by atoms with Gasteiger partial charge in [-0.1, -0.05) is 13.8 Å². The highest BCUT2D eigenvalue weighted by atomic mass is 15.3. The first kappa shape index (κ1) is 15.2. The molecule has 0 aliphatic carbocycles. The summed E-state index contributed by atoms with van der Waals surface area (Å²) in [6, 6.07) is 2.82. The molecule has 0 bridgehead atoms. The van der Waals surface area contributed by atoms with Gasteiger partial charge in [0.15, 0.2) is 0 Å². The van der Waals surface area contributed by atoms with Crippen molar-refractivity contribution in [1.29, 1.82) is 0 Å². The third kappa shape index (κ3) is 4.78. The molecule has 1 atom stereocenters. The van der Waals surface area contributed by atoms with Crippen LogP contribution >= 0.6 is 0 Å². The Hall–Kier alpha value is -0.870. The van der Waals surface area contributed by atoms with E-state index in [2.05, 4.69) is 50.8 Å². The van der Waals surface area contributed by atoms with E-state index in [0.717, 1.165) is 25.2 Å². The monoisotopic (exact) mass is 252 g/mol. The van der Waals surface area contributed by atoms with Gasteiger partial charge in [0.1, 0.15) is 0 Å². The van der Waals surface area contributed by atoms with E-state index in [1.165, 1.54) is 0 Å². The summed E-state index contributed by atoms with van der Waals surface area (Å²) in [5.41, 5.74) is 7.18. The van der Waals surface area contributed by atoms with E-state index in [0.29, 0.717) is 18.0 Å².